The molecular weight excluding hydrogens is 458 g/mol. The maximum atomic E-state index is 13.1. The topological polar surface area (TPSA) is 97.6 Å². The van der Waals surface area contributed by atoms with Gasteiger partial charge in [0.25, 0.3) is 5.91 Å². The number of carbonyl (C=O) groups is 1. The molecule has 0 radical (unpaired) electrons. The zero-order valence-electron chi connectivity index (χ0n) is 19.1. The van der Waals surface area contributed by atoms with E-state index in [1.54, 1.807) is 42.4 Å². The van der Waals surface area contributed by atoms with Crippen molar-refractivity contribution in [3.05, 3.63) is 47.4 Å². The molecule has 0 unspecified atom stereocenters. The van der Waals surface area contributed by atoms with Crippen LogP contribution >= 0.6 is 11.6 Å². The van der Waals surface area contributed by atoms with E-state index in [0.717, 1.165) is 31.9 Å². The molecule has 0 atom stereocenters. The predicted octanol–water partition coefficient (Wildman–Crippen LogP) is 2.44. The van der Waals surface area contributed by atoms with Crippen LogP contribution in [-0.2, 0) is 11.8 Å². The molecule has 178 valence electrons. The number of hydrogen-bond donors (Lipinski definition) is 1. The number of methoxy groups -OCH3 is 1. The molecule has 1 N–H and O–H groups in total. The minimum Gasteiger partial charge on any atom is -0.495 e. The molecule has 2 fully saturated rings. The first-order valence-corrected chi connectivity index (χ1v) is 11.5. The summed E-state index contributed by atoms with van der Waals surface area (Å²) in [5.74, 6) is 0.880. The number of ether oxygens (including phenoxy) is 2. The van der Waals surface area contributed by atoms with Crippen LogP contribution in [0.2, 0.25) is 5.02 Å². The third kappa shape index (κ3) is 4.56. The molecule has 2 aromatic heterocycles. The highest BCUT2D eigenvalue weighted by atomic mass is 35.5. The summed E-state index contributed by atoms with van der Waals surface area (Å²) < 4.78 is 12.5. The Labute approximate surface area is 202 Å². The quantitative estimate of drug-likeness (QED) is 0.571. The number of aryl methyl sites for hydroxylation is 1. The number of nitrogens with zero attached hydrogens (tertiary/aromatic N) is 6. The van der Waals surface area contributed by atoms with Crippen molar-refractivity contribution in [1.29, 1.82) is 0 Å². The van der Waals surface area contributed by atoms with Gasteiger partial charge >= 0.3 is 0 Å². The molecule has 3 aromatic rings. The lowest BCUT2D eigenvalue weighted by Crippen LogP contribution is -2.57. The summed E-state index contributed by atoms with van der Waals surface area (Å²) in [5.41, 5.74) is 2.59. The van der Waals surface area contributed by atoms with Crippen molar-refractivity contribution in [3.8, 4) is 17.0 Å². The average molecular weight is 484 g/mol. The first kappa shape index (κ1) is 22.6. The third-order valence-corrected chi connectivity index (χ3v) is 6.43. The average Bonchev–Trinajstić information content (AvgIpc) is 3.25. The number of halogens is 1. The van der Waals surface area contributed by atoms with Crippen LogP contribution < -0.4 is 10.1 Å². The number of hydrogen-bond acceptors (Lipinski definition) is 8. The Kier molecular flexibility index (Phi) is 6.36. The first-order valence-electron chi connectivity index (χ1n) is 11.1. The van der Waals surface area contributed by atoms with Crippen LogP contribution in [0.5, 0.6) is 5.75 Å². The fourth-order valence-electron chi connectivity index (χ4n) is 4.13. The van der Waals surface area contributed by atoms with Gasteiger partial charge in [0, 0.05) is 50.6 Å². The monoisotopic (exact) mass is 483 g/mol. The van der Waals surface area contributed by atoms with Crippen molar-refractivity contribution in [2.45, 2.75) is 6.04 Å². The second-order valence-electron chi connectivity index (χ2n) is 8.35. The van der Waals surface area contributed by atoms with Crippen LogP contribution in [0.25, 0.3) is 11.3 Å². The smallest absolute Gasteiger partial charge is 0.254 e. The highest BCUT2D eigenvalue weighted by Crippen LogP contribution is 2.31. The molecule has 0 bridgehead atoms. The van der Waals surface area contributed by atoms with E-state index >= 15 is 0 Å². The van der Waals surface area contributed by atoms with Crippen LogP contribution in [0, 0.1) is 0 Å². The summed E-state index contributed by atoms with van der Waals surface area (Å²) in [6.07, 6.45) is 5.07. The lowest BCUT2D eigenvalue weighted by atomic mass is 10.1. The summed E-state index contributed by atoms with van der Waals surface area (Å²) in [6.45, 7) is 4.72. The van der Waals surface area contributed by atoms with E-state index in [1.165, 1.54) is 0 Å². The van der Waals surface area contributed by atoms with Gasteiger partial charge in [-0.25, -0.2) is 9.97 Å². The molecule has 2 aliphatic rings. The van der Waals surface area contributed by atoms with Crippen LogP contribution in [0.1, 0.15) is 10.4 Å². The molecule has 0 spiro atoms. The summed E-state index contributed by atoms with van der Waals surface area (Å²) >= 11 is 6.30. The van der Waals surface area contributed by atoms with Gasteiger partial charge in [0.05, 0.1) is 55.2 Å². The second-order valence-corrected chi connectivity index (χ2v) is 8.76. The molecule has 2 saturated heterocycles. The number of anilines is 2. The van der Waals surface area contributed by atoms with Gasteiger partial charge in [0.2, 0.25) is 5.95 Å². The number of carbonyl (C=O) groups excluding carboxylic acids is 1. The Morgan fingerprint density at radius 1 is 1.21 bits per heavy atom. The molecule has 34 heavy (non-hydrogen) atoms. The Hall–Kier alpha value is -3.21. The molecule has 4 heterocycles. The summed E-state index contributed by atoms with van der Waals surface area (Å²) in [4.78, 5) is 26.2. The second kappa shape index (κ2) is 9.57. The molecule has 5 rings (SSSR count). The van der Waals surface area contributed by atoms with E-state index in [9.17, 15) is 4.79 Å². The molecule has 0 saturated carbocycles. The number of benzene rings is 1. The highest BCUT2D eigenvalue weighted by molar-refractivity contribution is 6.32. The van der Waals surface area contributed by atoms with Gasteiger partial charge < -0.3 is 19.7 Å². The molecular formula is C23H26ClN7O3. The van der Waals surface area contributed by atoms with Crippen molar-refractivity contribution in [3.63, 3.8) is 0 Å². The SMILES string of the molecule is COc1cc(C(=O)N2CCN(C3COC3)CC2)ccc1Nc1ncc(Cl)c(-c2cnn(C)c2)n1. The van der Waals surface area contributed by atoms with Gasteiger partial charge in [0.15, 0.2) is 0 Å². The van der Waals surface area contributed by atoms with E-state index in [2.05, 4.69) is 25.3 Å². The van der Waals surface area contributed by atoms with Crippen molar-refractivity contribution < 1.29 is 14.3 Å². The molecule has 0 aliphatic carbocycles. The van der Waals surface area contributed by atoms with Gasteiger partial charge in [-0.2, -0.15) is 5.10 Å². The Balaban J connectivity index is 1.30. The van der Waals surface area contributed by atoms with Crippen molar-refractivity contribution >= 4 is 29.1 Å². The molecule has 10 nitrogen and oxygen atoms in total. The number of rotatable bonds is 6. The van der Waals surface area contributed by atoms with E-state index in [1.807, 2.05) is 18.1 Å². The van der Waals surface area contributed by atoms with E-state index < -0.39 is 0 Å². The van der Waals surface area contributed by atoms with Crippen LogP contribution in [0.3, 0.4) is 0 Å². The fourth-order valence-corrected chi connectivity index (χ4v) is 4.33. The maximum Gasteiger partial charge on any atom is 0.254 e. The number of nitrogens with one attached hydrogen (secondary N) is 1. The van der Waals surface area contributed by atoms with Crippen molar-refractivity contribution in [2.24, 2.45) is 7.05 Å². The summed E-state index contributed by atoms with van der Waals surface area (Å²) in [6, 6.07) is 5.83. The predicted molar refractivity (Wildman–Crippen MR) is 128 cm³/mol. The Morgan fingerprint density at radius 2 is 2.00 bits per heavy atom. The molecule has 1 amide bonds. The van der Waals surface area contributed by atoms with Crippen molar-refractivity contribution in [1.82, 2.24) is 29.5 Å². The van der Waals surface area contributed by atoms with Gasteiger partial charge in [-0.05, 0) is 18.2 Å². The standard InChI is InChI=1S/C23H26ClN7O3/c1-29-12-16(10-26-29)21-18(24)11-25-23(28-21)27-19-4-3-15(9-20(19)33-2)22(32)31-7-5-30(6-8-31)17-13-34-14-17/h3-4,9-12,17H,5-8,13-14H2,1-2H3,(H,25,27,28). The summed E-state index contributed by atoms with van der Waals surface area (Å²) in [7, 11) is 3.40. The minimum absolute atomic E-state index is 0.00373. The Bertz CT molecular complexity index is 1190. The van der Waals surface area contributed by atoms with Crippen LogP contribution in [0.15, 0.2) is 36.8 Å². The van der Waals surface area contributed by atoms with Gasteiger partial charge in [-0.3, -0.25) is 14.4 Å². The van der Waals surface area contributed by atoms with Crippen LogP contribution in [0.4, 0.5) is 11.6 Å². The lowest BCUT2D eigenvalue weighted by Gasteiger charge is -2.42. The lowest BCUT2D eigenvalue weighted by molar-refractivity contribution is -0.0746. The molecule has 11 heteroatoms. The third-order valence-electron chi connectivity index (χ3n) is 6.16. The van der Waals surface area contributed by atoms with Gasteiger partial charge in [0.1, 0.15) is 5.75 Å². The minimum atomic E-state index is -0.00373. The normalized spacial score (nSPS) is 16.9. The molecule has 1 aromatic carbocycles. The first-order chi connectivity index (χ1) is 16.5. The number of piperazine rings is 1. The highest BCUT2D eigenvalue weighted by Gasteiger charge is 2.30. The Morgan fingerprint density at radius 3 is 2.65 bits per heavy atom. The fraction of sp³-hybridized carbons (Fsp3) is 0.391. The zero-order chi connectivity index (χ0) is 23.7. The van der Waals surface area contributed by atoms with Gasteiger partial charge in [-0.15, -0.1) is 0 Å². The van der Waals surface area contributed by atoms with Crippen LogP contribution in [-0.4, -0.2) is 88.0 Å². The largest absolute Gasteiger partial charge is 0.495 e. The number of amides is 1. The molecule has 2 aliphatic heterocycles. The number of aromatic nitrogens is 4. The van der Waals surface area contributed by atoms with Gasteiger partial charge in [-0.1, -0.05) is 11.6 Å². The van der Waals surface area contributed by atoms with Crippen molar-refractivity contribution in [2.75, 3.05) is 51.8 Å². The van der Waals surface area contributed by atoms with E-state index in [4.69, 9.17) is 21.1 Å². The zero-order valence-corrected chi connectivity index (χ0v) is 19.8. The maximum absolute atomic E-state index is 13.1. The van der Waals surface area contributed by atoms with E-state index in [0.29, 0.717) is 52.8 Å². The summed E-state index contributed by atoms with van der Waals surface area (Å²) in [5, 5.41) is 7.77. The van der Waals surface area contributed by atoms with E-state index in [-0.39, 0.29) is 5.91 Å².